The fourth-order valence-corrected chi connectivity index (χ4v) is 3.22. The molecule has 0 saturated heterocycles. The standard InChI is InChI=1S/C19H27ClN2O2/c1-12(2)11-21-18(23)14-7-9-15(10-8-14)19(24)22-17-6-4-5-16(20)13(17)3/h4-6,12,14-15H,7-11H2,1-3H3,(H,21,23)(H,22,24). The molecule has 4 nitrogen and oxygen atoms in total. The lowest BCUT2D eigenvalue weighted by atomic mass is 9.81. The molecule has 2 amide bonds. The number of benzene rings is 1. The van der Waals surface area contributed by atoms with Crippen LogP contribution in [0.15, 0.2) is 18.2 Å². The van der Waals surface area contributed by atoms with E-state index in [1.165, 1.54) is 0 Å². The molecule has 1 fully saturated rings. The van der Waals surface area contributed by atoms with Gasteiger partial charge in [0.1, 0.15) is 0 Å². The Bertz CT molecular complexity index is 593. The lowest BCUT2D eigenvalue weighted by Crippen LogP contribution is -2.37. The van der Waals surface area contributed by atoms with Crippen molar-refractivity contribution in [2.75, 3.05) is 11.9 Å². The third-order valence-corrected chi connectivity index (χ3v) is 5.09. The molecule has 1 aliphatic carbocycles. The predicted molar refractivity (Wildman–Crippen MR) is 98.1 cm³/mol. The Morgan fingerprint density at radius 2 is 1.71 bits per heavy atom. The molecule has 2 N–H and O–H groups in total. The second kappa shape index (κ2) is 8.52. The molecule has 0 heterocycles. The van der Waals surface area contributed by atoms with Crippen molar-refractivity contribution in [3.05, 3.63) is 28.8 Å². The highest BCUT2D eigenvalue weighted by Gasteiger charge is 2.30. The summed E-state index contributed by atoms with van der Waals surface area (Å²) in [4.78, 5) is 24.6. The molecule has 0 aliphatic heterocycles. The van der Waals surface area contributed by atoms with Gasteiger partial charge in [0.05, 0.1) is 0 Å². The first-order valence-corrected chi connectivity index (χ1v) is 9.10. The molecule has 0 aromatic heterocycles. The van der Waals surface area contributed by atoms with Crippen LogP contribution in [0.1, 0.15) is 45.1 Å². The maximum Gasteiger partial charge on any atom is 0.227 e. The summed E-state index contributed by atoms with van der Waals surface area (Å²) < 4.78 is 0. The summed E-state index contributed by atoms with van der Waals surface area (Å²) in [6.07, 6.45) is 3.06. The van der Waals surface area contributed by atoms with Gasteiger partial charge in [-0.05, 0) is 56.2 Å². The van der Waals surface area contributed by atoms with Gasteiger partial charge in [-0.15, -0.1) is 0 Å². The first-order chi connectivity index (χ1) is 11.4. The van der Waals surface area contributed by atoms with Crippen molar-refractivity contribution in [3.63, 3.8) is 0 Å². The largest absolute Gasteiger partial charge is 0.356 e. The van der Waals surface area contributed by atoms with Gasteiger partial charge < -0.3 is 10.6 Å². The van der Waals surface area contributed by atoms with Crippen molar-refractivity contribution >= 4 is 29.1 Å². The lowest BCUT2D eigenvalue weighted by Gasteiger charge is -2.27. The van der Waals surface area contributed by atoms with Gasteiger partial charge in [0, 0.05) is 29.1 Å². The van der Waals surface area contributed by atoms with Gasteiger partial charge in [-0.1, -0.05) is 31.5 Å². The van der Waals surface area contributed by atoms with Gasteiger partial charge in [-0.25, -0.2) is 0 Å². The van der Waals surface area contributed by atoms with Gasteiger partial charge >= 0.3 is 0 Å². The van der Waals surface area contributed by atoms with E-state index in [-0.39, 0.29) is 23.7 Å². The number of carbonyl (C=O) groups excluding carboxylic acids is 2. The SMILES string of the molecule is Cc1c(Cl)cccc1NC(=O)C1CCC(C(=O)NCC(C)C)CC1. The van der Waals surface area contributed by atoms with Crippen LogP contribution in [-0.4, -0.2) is 18.4 Å². The molecule has 0 atom stereocenters. The maximum absolute atomic E-state index is 12.5. The predicted octanol–water partition coefficient (Wildman–Crippen LogP) is 4.17. The summed E-state index contributed by atoms with van der Waals surface area (Å²) in [5.74, 6) is 0.630. The van der Waals surface area contributed by atoms with E-state index in [2.05, 4.69) is 24.5 Å². The second-order valence-corrected chi connectivity index (χ2v) is 7.50. The number of halogens is 1. The zero-order chi connectivity index (χ0) is 17.7. The van der Waals surface area contributed by atoms with Crippen LogP contribution < -0.4 is 10.6 Å². The Morgan fingerprint density at radius 1 is 1.12 bits per heavy atom. The summed E-state index contributed by atoms with van der Waals surface area (Å²) in [5, 5.41) is 6.63. The van der Waals surface area contributed by atoms with E-state index in [9.17, 15) is 9.59 Å². The van der Waals surface area contributed by atoms with E-state index >= 15 is 0 Å². The first kappa shape index (κ1) is 18.8. The van der Waals surface area contributed by atoms with Crippen molar-refractivity contribution in [1.29, 1.82) is 0 Å². The highest BCUT2D eigenvalue weighted by Crippen LogP contribution is 2.31. The molecule has 24 heavy (non-hydrogen) atoms. The van der Waals surface area contributed by atoms with E-state index < -0.39 is 0 Å². The second-order valence-electron chi connectivity index (χ2n) is 7.09. The highest BCUT2D eigenvalue weighted by atomic mass is 35.5. The lowest BCUT2D eigenvalue weighted by molar-refractivity contribution is -0.128. The molecule has 1 aromatic carbocycles. The minimum absolute atomic E-state index is 0.0291. The quantitative estimate of drug-likeness (QED) is 0.837. The summed E-state index contributed by atoms with van der Waals surface area (Å²) in [6, 6.07) is 5.51. The third kappa shape index (κ3) is 4.97. The average molecular weight is 351 g/mol. The van der Waals surface area contributed by atoms with Gasteiger partial charge in [-0.2, -0.15) is 0 Å². The minimum Gasteiger partial charge on any atom is -0.356 e. The molecule has 0 unspecified atom stereocenters. The van der Waals surface area contributed by atoms with Crippen LogP contribution in [-0.2, 0) is 9.59 Å². The van der Waals surface area contributed by atoms with E-state index in [1.807, 2.05) is 25.1 Å². The number of amides is 2. The molecule has 0 bridgehead atoms. The summed E-state index contributed by atoms with van der Waals surface area (Å²) in [7, 11) is 0. The van der Waals surface area contributed by atoms with Crippen molar-refractivity contribution in [2.45, 2.75) is 46.5 Å². The molecule has 1 saturated carbocycles. The molecule has 0 spiro atoms. The number of nitrogens with one attached hydrogen (secondary N) is 2. The van der Waals surface area contributed by atoms with Crippen molar-refractivity contribution in [3.8, 4) is 0 Å². The zero-order valence-corrected chi connectivity index (χ0v) is 15.5. The van der Waals surface area contributed by atoms with Crippen LogP contribution in [0.3, 0.4) is 0 Å². The Morgan fingerprint density at radius 3 is 2.29 bits per heavy atom. The minimum atomic E-state index is -0.0301. The fraction of sp³-hybridized carbons (Fsp3) is 0.579. The Labute approximate surface area is 149 Å². The van der Waals surface area contributed by atoms with Crippen LogP contribution in [0.5, 0.6) is 0 Å². The van der Waals surface area contributed by atoms with E-state index in [0.717, 1.165) is 36.9 Å². The Balaban J connectivity index is 1.84. The molecule has 5 heteroatoms. The summed E-state index contributed by atoms with van der Waals surface area (Å²) in [5.41, 5.74) is 1.65. The van der Waals surface area contributed by atoms with Crippen molar-refractivity contribution in [1.82, 2.24) is 5.32 Å². The van der Waals surface area contributed by atoms with Gasteiger partial charge in [0.2, 0.25) is 11.8 Å². The molecule has 1 aliphatic rings. The summed E-state index contributed by atoms with van der Waals surface area (Å²) >= 11 is 6.09. The highest BCUT2D eigenvalue weighted by molar-refractivity contribution is 6.31. The molecule has 1 aromatic rings. The van der Waals surface area contributed by atoms with Gasteiger partial charge in [0.25, 0.3) is 0 Å². The molecular weight excluding hydrogens is 324 g/mol. The molecule has 2 rings (SSSR count). The van der Waals surface area contributed by atoms with E-state index in [4.69, 9.17) is 11.6 Å². The maximum atomic E-state index is 12.5. The number of hydrogen-bond donors (Lipinski definition) is 2. The van der Waals surface area contributed by atoms with Crippen LogP contribution >= 0.6 is 11.6 Å². The Kier molecular flexibility index (Phi) is 6.67. The van der Waals surface area contributed by atoms with E-state index in [1.54, 1.807) is 0 Å². The Hall–Kier alpha value is -1.55. The van der Waals surface area contributed by atoms with E-state index in [0.29, 0.717) is 17.5 Å². The molecule has 132 valence electrons. The van der Waals surface area contributed by atoms with Crippen LogP contribution in [0.2, 0.25) is 5.02 Å². The molecular formula is C19H27ClN2O2. The zero-order valence-electron chi connectivity index (χ0n) is 14.7. The van der Waals surface area contributed by atoms with Gasteiger partial charge in [-0.3, -0.25) is 9.59 Å². The van der Waals surface area contributed by atoms with Gasteiger partial charge in [0.15, 0.2) is 0 Å². The monoisotopic (exact) mass is 350 g/mol. The van der Waals surface area contributed by atoms with Crippen molar-refractivity contribution in [2.24, 2.45) is 17.8 Å². The topological polar surface area (TPSA) is 58.2 Å². The van der Waals surface area contributed by atoms with Crippen LogP contribution in [0.4, 0.5) is 5.69 Å². The number of anilines is 1. The first-order valence-electron chi connectivity index (χ1n) is 8.72. The fourth-order valence-electron chi connectivity index (χ4n) is 3.04. The number of hydrogen-bond acceptors (Lipinski definition) is 2. The number of rotatable bonds is 5. The molecule has 0 radical (unpaired) electrons. The average Bonchev–Trinajstić information content (AvgIpc) is 2.57. The third-order valence-electron chi connectivity index (χ3n) is 4.68. The van der Waals surface area contributed by atoms with Crippen LogP contribution in [0.25, 0.3) is 0 Å². The summed E-state index contributed by atoms with van der Waals surface area (Å²) in [6.45, 7) is 6.78. The van der Waals surface area contributed by atoms with Crippen molar-refractivity contribution < 1.29 is 9.59 Å². The van der Waals surface area contributed by atoms with Crippen LogP contribution in [0, 0.1) is 24.7 Å². The normalized spacial score (nSPS) is 20.7. The number of carbonyl (C=O) groups is 2. The smallest absolute Gasteiger partial charge is 0.227 e.